The van der Waals surface area contributed by atoms with E-state index in [1.165, 1.54) is 10.8 Å². The fourth-order valence-electron chi connectivity index (χ4n) is 3.41. The molecule has 0 saturated heterocycles. The van der Waals surface area contributed by atoms with Crippen LogP contribution < -0.4 is 0 Å². The fourth-order valence-corrected chi connectivity index (χ4v) is 3.82. The second-order valence-corrected chi connectivity index (χ2v) is 7.03. The molecule has 27 heavy (non-hydrogen) atoms. The summed E-state index contributed by atoms with van der Waals surface area (Å²) in [4.78, 5) is 8.22. The molecule has 0 unspecified atom stereocenters. The van der Waals surface area contributed by atoms with Crippen molar-refractivity contribution in [2.75, 3.05) is 0 Å². The third kappa shape index (κ3) is 3.24. The van der Waals surface area contributed by atoms with Gasteiger partial charge in [0.2, 0.25) is 0 Å². The number of pyridine rings is 2. The Morgan fingerprint density at radius 1 is 1.04 bits per heavy atom. The van der Waals surface area contributed by atoms with Gasteiger partial charge in [-0.2, -0.15) is 13.2 Å². The smallest absolute Gasteiger partial charge is 0.329 e. The molecular formula is C19H12Cl2F3N3. The van der Waals surface area contributed by atoms with Crippen molar-refractivity contribution in [3.05, 3.63) is 58.6 Å². The lowest BCUT2D eigenvalue weighted by molar-refractivity contribution is -0.139. The monoisotopic (exact) mass is 409 g/mol. The van der Waals surface area contributed by atoms with Crippen molar-refractivity contribution in [3.63, 3.8) is 0 Å². The number of hydrogen-bond donors (Lipinski definition) is 0. The molecule has 0 aliphatic carbocycles. The topological polar surface area (TPSA) is 30.7 Å². The highest BCUT2D eigenvalue weighted by atomic mass is 35.5. The van der Waals surface area contributed by atoms with Gasteiger partial charge in [0.15, 0.2) is 0 Å². The predicted molar refractivity (Wildman–Crippen MR) is 101 cm³/mol. The molecule has 3 heterocycles. The van der Waals surface area contributed by atoms with E-state index in [-0.39, 0.29) is 0 Å². The van der Waals surface area contributed by atoms with Crippen LogP contribution in [0.2, 0.25) is 10.2 Å². The summed E-state index contributed by atoms with van der Waals surface area (Å²) in [6.07, 6.45) is -1.40. The average molecular weight is 410 g/mol. The Hall–Kier alpha value is -2.31. The van der Waals surface area contributed by atoms with Gasteiger partial charge in [0.25, 0.3) is 0 Å². The Labute approximate surface area is 162 Å². The molecule has 0 spiro atoms. The molecule has 0 aliphatic heterocycles. The van der Waals surface area contributed by atoms with Gasteiger partial charge in [0.05, 0.1) is 17.2 Å². The van der Waals surface area contributed by atoms with Gasteiger partial charge in [-0.15, -0.1) is 0 Å². The summed E-state index contributed by atoms with van der Waals surface area (Å²) in [5.74, 6) is 0. The number of rotatable bonds is 2. The van der Waals surface area contributed by atoms with E-state index in [9.17, 15) is 13.2 Å². The summed E-state index contributed by atoms with van der Waals surface area (Å²) in [6, 6.07) is 8.37. The highest BCUT2D eigenvalue weighted by Crippen LogP contribution is 2.40. The van der Waals surface area contributed by atoms with E-state index >= 15 is 0 Å². The van der Waals surface area contributed by atoms with E-state index in [1.807, 2.05) is 0 Å². The first-order valence-electron chi connectivity index (χ1n) is 8.00. The molecule has 1 aromatic carbocycles. The van der Waals surface area contributed by atoms with E-state index in [0.717, 1.165) is 0 Å². The lowest BCUT2D eigenvalue weighted by Gasteiger charge is -2.14. The van der Waals surface area contributed by atoms with Crippen molar-refractivity contribution in [2.24, 2.45) is 0 Å². The number of nitrogens with zero attached hydrogens (tertiary/aromatic N) is 3. The van der Waals surface area contributed by atoms with Crippen LogP contribution in [0.4, 0.5) is 13.2 Å². The van der Waals surface area contributed by atoms with E-state index in [0.29, 0.717) is 48.8 Å². The normalized spacial score (nSPS) is 12.2. The third-order valence-electron chi connectivity index (χ3n) is 4.41. The lowest BCUT2D eigenvalue weighted by atomic mass is 10.0. The van der Waals surface area contributed by atoms with Crippen molar-refractivity contribution >= 4 is 45.0 Å². The Morgan fingerprint density at radius 3 is 2.52 bits per heavy atom. The van der Waals surface area contributed by atoms with Gasteiger partial charge in [-0.05, 0) is 37.3 Å². The van der Waals surface area contributed by atoms with Gasteiger partial charge in [-0.3, -0.25) is 4.98 Å². The minimum Gasteiger partial charge on any atom is -0.329 e. The van der Waals surface area contributed by atoms with Crippen LogP contribution in [0, 0.1) is 6.92 Å². The number of halogens is 5. The Kier molecular flexibility index (Phi) is 4.28. The van der Waals surface area contributed by atoms with Crippen LogP contribution in [-0.4, -0.2) is 20.7 Å². The Bertz CT molecular complexity index is 1180. The zero-order valence-electron chi connectivity index (χ0n) is 14.0. The van der Waals surface area contributed by atoms with Gasteiger partial charge < -0.3 is 4.57 Å². The minimum atomic E-state index is -4.39. The summed E-state index contributed by atoms with van der Waals surface area (Å²) < 4.78 is 41.2. The average Bonchev–Trinajstić information content (AvgIpc) is 2.87. The first-order valence-corrected chi connectivity index (χ1v) is 8.76. The third-order valence-corrected chi connectivity index (χ3v) is 4.83. The highest BCUT2D eigenvalue weighted by molar-refractivity contribution is 6.33. The molecule has 0 amide bonds. The molecule has 0 fully saturated rings. The molecule has 4 aromatic rings. The Morgan fingerprint density at radius 2 is 1.81 bits per heavy atom. The van der Waals surface area contributed by atoms with E-state index in [4.69, 9.17) is 23.2 Å². The quantitative estimate of drug-likeness (QED) is 0.357. The van der Waals surface area contributed by atoms with Crippen molar-refractivity contribution in [2.45, 2.75) is 19.6 Å². The summed E-state index contributed by atoms with van der Waals surface area (Å²) in [5.41, 5.74) is 2.68. The van der Waals surface area contributed by atoms with Crippen LogP contribution in [0.5, 0.6) is 0 Å². The minimum absolute atomic E-state index is 0.314. The number of fused-ring (bicyclic) bond motifs is 3. The van der Waals surface area contributed by atoms with Crippen molar-refractivity contribution in [1.29, 1.82) is 0 Å². The van der Waals surface area contributed by atoms with Crippen LogP contribution in [0.15, 0.2) is 42.7 Å². The second kappa shape index (κ2) is 6.39. The second-order valence-electron chi connectivity index (χ2n) is 6.21. The first-order chi connectivity index (χ1) is 12.7. The standard InChI is InChI=1S/C19H12Cl2F3N3/c1-10-12(2-3-17(21)26-10)14-6-11(20)7-15-13-4-5-25-8-16(13)27(18(14)15)9-19(22,23)24/h2-8H,9H2,1H3. The molecule has 0 bridgehead atoms. The number of alkyl halides is 3. The largest absolute Gasteiger partial charge is 0.406 e. The molecular weight excluding hydrogens is 398 g/mol. The van der Waals surface area contributed by atoms with Crippen molar-refractivity contribution < 1.29 is 13.2 Å². The first kappa shape index (κ1) is 18.1. The van der Waals surface area contributed by atoms with Crippen molar-refractivity contribution in [1.82, 2.24) is 14.5 Å². The molecule has 3 nitrogen and oxygen atoms in total. The molecule has 0 radical (unpaired) electrons. The Balaban J connectivity index is 2.16. The number of aryl methyl sites for hydroxylation is 1. The van der Waals surface area contributed by atoms with Gasteiger partial charge in [0.1, 0.15) is 11.7 Å². The van der Waals surface area contributed by atoms with E-state index in [2.05, 4.69) is 9.97 Å². The molecule has 0 aliphatic rings. The molecule has 0 N–H and O–H groups in total. The number of hydrogen-bond acceptors (Lipinski definition) is 2. The molecule has 8 heteroatoms. The molecule has 3 aromatic heterocycles. The molecule has 0 saturated carbocycles. The van der Waals surface area contributed by atoms with Crippen LogP contribution >= 0.6 is 23.2 Å². The SMILES string of the molecule is Cc1nc(Cl)ccc1-c1cc(Cl)cc2c3ccncc3n(CC(F)(F)F)c12. The number of benzene rings is 1. The van der Waals surface area contributed by atoms with E-state index in [1.54, 1.807) is 43.5 Å². The van der Waals surface area contributed by atoms with Crippen LogP contribution in [0.3, 0.4) is 0 Å². The molecule has 0 atom stereocenters. The highest BCUT2D eigenvalue weighted by Gasteiger charge is 2.30. The van der Waals surface area contributed by atoms with Gasteiger partial charge in [-0.1, -0.05) is 23.2 Å². The maximum atomic E-state index is 13.3. The molecule has 4 rings (SSSR count). The zero-order valence-corrected chi connectivity index (χ0v) is 15.5. The maximum Gasteiger partial charge on any atom is 0.406 e. The van der Waals surface area contributed by atoms with Gasteiger partial charge in [0, 0.05) is 38.8 Å². The van der Waals surface area contributed by atoms with Crippen LogP contribution in [0.25, 0.3) is 32.9 Å². The van der Waals surface area contributed by atoms with E-state index < -0.39 is 12.7 Å². The van der Waals surface area contributed by atoms with Crippen LogP contribution in [0.1, 0.15) is 5.69 Å². The lowest BCUT2D eigenvalue weighted by Crippen LogP contribution is -2.17. The van der Waals surface area contributed by atoms with Gasteiger partial charge in [-0.25, -0.2) is 4.98 Å². The summed E-state index contributed by atoms with van der Waals surface area (Å²) in [7, 11) is 0. The molecule has 138 valence electrons. The summed E-state index contributed by atoms with van der Waals surface area (Å²) >= 11 is 12.2. The maximum absolute atomic E-state index is 13.3. The van der Waals surface area contributed by atoms with Crippen molar-refractivity contribution in [3.8, 4) is 11.1 Å². The summed E-state index contributed by atoms with van der Waals surface area (Å²) in [6.45, 7) is 0.625. The predicted octanol–water partition coefficient (Wildman–Crippen LogP) is 6.43. The van der Waals surface area contributed by atoms with Gasteiger partial charge >= 0.3 is 6.18 Å². The van der Waals surface area contributed by atoms with Crippen LogP contribution in [-0.2, 0) is 6.54 Å². The summed E-state index contributed by atoms with van der Waals surface area (Å²) in [5, 5.41) is 2.03. The zero-order chi connectivity index (χ0) is 19.3. The fraction of sp³-hybridized carbons (Fsp3) is 0.158. The number of aromatic nitrogens is 3.